The van der Waals surface area contributed by atoms with Crippen LogP contribution in [0.4, 0.5) is 0 Å². The summed E-state index contributed by atoms with van der Waals surface area (Å²) in [4.78, 5) is 10.6. The summed E-state index contributed by atoms with van der Waals surface area (Å²) < 4.78 is 5.25. The first-order chi connectivity index (χ1) is 5.53. The molecule has 0 aliphatic carbocycles. The Bertz CT molecular complexity index is 171. The van der Waals surface area contributed by atoms with Crippen LogP contribution in [0, 0.1) is 11.3 Å². The average Bonchev–Trinajstić information content (AvgIpc) is 2.35. The van der Waals surface area contributed by atoms with Gasteiger partial charge in [0.2, 0.25) is 0 Å². The van der Waals surface area contributed by atoms with Gasteiger partial charge in [-0.25, -0.2) is 0 Å². The van der Waals surface area contributed by atoms with Crippen LogP contribution in [0.2, 0.25) is 0 Å². The maximum Gasteiger partial charge on any atom is 0.306 e. The summed E-state index contributed by atoms with van der Waals surface area (Å²) in [5.74, 6) is -0.958. The van der Waals surface area contributed by atoms with Crippen molar-refractivity contribution in [1.82, 2.24) is 0 Å². The summed E-state index contributed by atoms with van der Waals surface area (Å²) in [6.45, 7) is 5.35. The third-order valence-electron chi connectivity index (χ3n) is 2.52. The zero-order valence-corrected chi connectivity index (χ0v) is 7.67. The molecule has 1 aliphatic heterocycles. The van der Waals surface area contributed by atoms with Gasteiger partial charge in [0.1, 0.15) is 0 Å². The predicted molar refractivity (Wildman–Crippen MR) is 45.0 cm³/mol. The second-order valence-corrected chi connectivity index (χ2v) is 4.06. The Hall–Kier alpha value is -0.570. The molecule has 0 bridgehead atoms. The smallest absolute Gasteiger partial charge is 0.306 e. The van der Waals surface area contributed by atoms with E-state index in [1.807, 2.05) is 0 Å². The Morgan fingerprint density at radius 3 is 2.83 bits per heavy atom. The average molecular weight is 172 g/mol. The molecule has 0 spiro atoms. The van der Waals surface area contributed by atoms with Crippen LogP contribution in [0.25, 0.3) is 0 Å². The van der Waals surface area contributed by atoms with E-state index < -0.39 is 5.97 Å². The molecule has 1 heterocycles. The van der Waals surface area contributed by atoms with Crippen molar-refractivity contribution in [2.75, 3.05) is 13.2 Å². The third kappa shape index (κ3) is 2.21. The molecule has 70 valence electrons. The molecule has 0 saturated carbocycles. The molecule has 1 aliphatic rings. The third-order valence-corrected chi connectivity index (χ3v) is 2.52. The number of rotatable bonds is 3. The number of aliphatic carboxylic acids is 1. The van der Waals surface area contributed by atoms with Crippen LogP contribution in [0.1, 0.15) is 26.7 Å². The number of carbonyl (C=O) groups is 1. The van der Waals surface area contributed by atoms with Crippen molar-refractivity contribution in [2.45, 2.75) is 26.7 Å². The molecule has 1 fully saturated rings. The molecule has 0 aromatic rings. The van der Waals surface area contributed by atoms with Gasteiger partial charge in [0.05, 0.1) is 12.5 Å². The van der Waals surface area contributed by atoms with Crippen molar-refractivity contribution < 1.29 is 14.6 Å². The van der Waals surface area contributed by atoms with Crippen LogP contribution in [0.5, 0.6) is 0 Å². The minimum atomic E-state index is -0.705. The predicted octanol–water partition coefficient (Wildman–Crippen LogP) is 1.52. The molecule has 0 amide bonds. The maximum absolute atomic E-state index is 10.6. The van der Waals surface area contributed by atoms with Crippen LogP contribution in [-0.4, -0.2) is 24.3 Å². The number of hydrogen-bond donors (Lipinski definition) is 1. The second-order valence-electron chi connectivity index (χ2n) is 4.06. The van der Waals surface area contributed by atoms with E-state index in [1.54, 1.807) is 6.92 Å². The first kappa shape index (κ1) is 9.52. The van der Waals surface area contributed by atoms with E-state index in [0.717, 1.165) is 19.4 Å². The minimum absolute atomic E-state index is 0.0950. The number of ether oxygens (including phenoxy) is 1. The van der Waals surface area contributed by atoms with Crippen LogP contribution in [0.15, 0.2) is 0 Å². The van der Waals surface area contributed by atoms with Crippen molar-refractivity contribution >= 4 is 5.97 Å². The van der Waals surface area contributed by atoms with E-state index in [1.165, 1.54) is 0 Å². The van der Waals surface area contributed by atoms with Gasteiger partial charge < -0.3 is 9.84 Å². The Morgan fingerprint density at radius 1 is 1.75 bits per heavy atom. The quantitative estimate of drug-likeness (QED) is 0.702. The van der Waals surface area contributed by atoms with Gasteiger partial charge in [-0.15, -0.1) is 0 Å². The molecule has 2 atom stereocenters. The van der Waals surface area contributed by atoms with Crippen molar-refractivity contribution in [1.29, 1.82) is 0 Å². The number of carboxylic acid groups (broad SMARTS) is 1. The van der Waals surface area contributed by atoms with E-state index >= 15 is 0 Å². The largest absolute Gasteiger partial charge is 0.481 e. The monoisotopic (exact) mass is 172 g/mol. The van der Waals surface area contributed by atoms with E-state index in [2.05, 4.69) is 6.92 Å². The fraction of sp³-hybridized carbons (Fsp3) is 0.889. The minimum Gasteiger partial charge on any atom is -0.481 e. The lowest BCUT2D eigenvalue weighted by atomic mass is 9.81. The molecule has 1 N–H and O–H groups in total. The zero-order chi connectivity index (χ0) is 9.19. The molecule has 3 heteroatoms. The summed E-state index contributed by atoms with van der Waals surface area (Å²) in [5, 5.41) is 8.72. The number of hydrogen-bond acceptors (Lipinski definition) is 2. The molecule has 3 nitrogen and oxygen atoms in total. The lowest BCUT2D eigenvalue weighted by Gasteiger charge is -2.23. The summed E-state index contributed by atoms with van der Waals surface area (Å²) in [6, 6.07) is 0. The van der Waals surface area contributed by atoms with Gasteiger partial charge in [0.15, 0.2) is 0 Å². The Kier molecular flexibility index (Phi) is 2.73. The molecule has 0 aromatic heterocycles. The molecule has 1 saturated heterocycles. The summed E-state index contributed by atoms with van der Waals surface area (Å²) >= 11 is 0. The Morgan fingerprint density at radius 2 is 2.42 bits per heavy atom. The highest BCUT2D eigenvalue weighted by Crippen LogP contribution is 2.34. The van der Waals surface area contributed by atoms with Gasteiger partial charge >= 0.3 is 5.97 Å². The van der Waals surface area contributed by atoms with Gasteiger partial charge in [0, 0.05) is 6.61 Å². The standard InChI is InChI=1S/C9H16O3/c1-7(8(10)11)5-9(2)3-4-12-6-9/h7H,3-6H2,1-2H3,(H,10,11)/t7-,9?/m1/s1. The second kappa shape index (κ2) is 3.44. The highest BCUT2D eigenvalue weighted by Gasteiger charge is 2.32. The Labute approximate surface area is 72.7 Å². The molecule has 0 aromatic carbocycles. The lowest BCUT2D eigenvalue weighted by molar-refractivity contribution is -0.142. The first-order valence-corrected chi connectivity index (χ1v) is 4.34. The topological polar surface area (TPSA) is 46.5 Å². The Balaban J connectivity index is 2.43. The summed E-state index contributed by atoms with van der Waals surface area (Å²) in [5.41, 5.74) is 0.0950. The van der Waals surface area contributed by atoms with Gasteiger partial charge in [-0.05, 0) is 18.3 Å². The molecular weight excluding hydrogens is 156 g/mol. The lowest BCUT2D eigenvalue weighted by Crippen LogP contribution is -2.23. The van der Waals surface area contributed by atoms with Crippen LogP contribution < -0.4 is 0 Å². The van der Waals surface area contributed by atoms with E-state index in [9.17, 15) is 4.79 Å². The summed E-state index contributed by atoms with van der Waals surface area (Å²) in [7, 11) is 0. The molecule has 12 heavy (non-hydrogen) atoms. The van der Waals surface area contributed by atoms with E-state index in [4.69, 9.17) is 9.84 Å². The van der Waals surface area contributed by atoms with Crippen molar-refractivity contribution in [3.8, 4) is 0 Å². The highest BCUT2D eigenvalue weighted by molar-refractivity contribution is 5.69. The van der Waals surface area contributed by atoms with Crippen molar-refractivity contribution in [3.05, 3.63) is 0 Å². The zero-order valence-electron chi connectivity index (χ0n) is 7.67. The normalized spacial score (nSPS) is 31.8. The highest BCUT2D eigenvalue weighted by atomic mass is 16.5. The molecule has 1 rings (SSSR count). The summed E-state index contributed by atoms with van der Waals surface area (Å²) in [6.07, 6.45) is 1.72. The van der Waals surface area contributed by atoms with Crippen molar-refractivity contribution in [2.24, 2.45) is 11.3 Å². The van der Waals surface area contributed by atoms with Crippen LogP contribution in [0.3, 0.4) is 0 Å². The fourth-order valence-corrected chi connectivity index (χ4v) is 1.70. The fourth-order valence-electron chi connectivity index (χ4n) is 1.70. The van der Waals surface area contributed by atoms with Gasteiger partial charge in [0.25, 0.3) is 0 Å². The van der Waals surface area contributed by atoms with E-state index in [0.29, 0.717) is 6.61 Å². The van der Waals surface area contributed by atoms with Gasteiger partial charge in [-0.1, -0.05) is 13.8 Å². The maximum atomic E-state index is 10.6. The molecular formula is C9H16O3. The first-order valence-electron chi connectivity index (χ1n) is 4.34. The SMILES string of the molecule is C[C@H](CC1(C)CCOC1)C(=O)O. The van der Waals surface area contributed by atoms with Crippen molar-refractivity contribution in [3.63, 3.8) is 0 Å². The van der Waals surface area contributed by atoms with Gasteiger partial charge in [-0.3, -0.25) is 4.79 Å². The molecule has 1 unspecified atom stereocenters. The van der Waals surface area contributed by atoms with Crippen LogP contribution in [-0.2, 0) is 9.53 Å². The van der Waals surface area contributed by atoms with E-state index in [-0.39, 0.29) is 11.3 Å². The van der Waals surface area contributed by atoms with Gasteiger partial charge in [-0.2, -0.15) is 0 Å². The van der Waals surface area contributed by atoms with Crippen LogP contribution >= 0.6 is 0 Å². The number of carboxylic acids is 1. The molecule has 0 radical (unpaired) electrons.